The van der Waals surface area contributed by atoms with Crippen molar-refractivity contribution in [1.29, 1.82) is 0 Å². The van der Waals surface area contributed by atoms with Gasteiger partial charge >= 0.3 is 0 Å². The van der Waals surface area contributed by atoms with Crippen molar-refractivity contribution in [2.45, 2.75) is 0 Å². The second-order valence-corrected chi connectivity index (χ2v) is 22.7. The number of aromatic nitrogens is 7. The van der Waals surface area contributed by atoms with Crippen LogP contribution >= 0.6 is 0 Å². The van der Waals surface area contributed by atoms with E-state index in [1.807, 2.05) is 66.7 Å². The molecular formula is C79H45N7O3. The molecule has 0 atom stereocenters. The zero-order valence-corrected chi connectivity index (χ0v) is 47.3. The van der Waals surface area contributed by atoms with E-state index in [-0.39, 0.29) is 0 Å². The average molecular weight is 1140 g/mol. The van der Waals surface area contributed by atoms with E-state index in [1.54, 1.807) is 0 Å². The number of furan rings is 3. The Balaban J connectivity index is 0.773. The number of benzene rings is 11. The van der Waals surface area contributed by atoms with Gasteiger partial charge in [-0.15, -0.1) is 0 Å². The highest BCUT2D eigenvalue weighted by molar-refractivity contribution is 6.29. The van der Waals surface area contributed by atoms with Gasteiger partial charge in [-0.25, -0.2) is 24.9 Å². The van der Waals surface area contributed by atoms with E-state index in [0.717, 1.165) is 166 Å². The van der Waals surface area contributed by atoms with E-state index in [2.05, 4.69) is 215 Å². The Morgan fingerprint density at radius 2 is 0.584 bits per heavy atom. The van der Waals surface area contributed by atoms with E-state index in [9.17, 15) is 0 Å². The van der Waals surface area contributed by atoms with Gasteiger partial charge in [0.15, 0.2) is 17.5 Å². The molecule has 10 heteroatoms. The number of nitrogens with zero attached hydrogens (tertiary/aromatic N) is 7. The van der Waals surface area contributed by atoms with Crippen LogP contribution < -0.4 is 0 Å². The van der Waals surface area contributed by atoms with Crippen LogP contribution in [0.15, 0.2) is 286 Å². The summed E-state index contributed by atoms with van der Waals surface area (Å²) in [5, 5.41) is 10.6. The van der Waals surface area contributed by atoms with Gasteiger partial charge in [0.05, 0.1) is 27.8 Å². The predicted molar refractivity (Wildman–Crippen MR) is 359 cm³/mol. The molecule has 0 bridgehead atoms. The smallest absolute Gasteiger partial charge is 0.182 e. The van der Waals surface area contributed by atoms with Gasteiger partial charge in [-0.1, -0.05) is 140 Å². The van der Waals surface area contributed by atoms with Gasteiger partial charge in [0.25, 0.3) is 0 Å². The number of para-hydroxylation sites is 3. The molecule has 0 saturated heterocycles. The lowest BCUT2D eigenvalue weighted by molar-refractivity contribution is 0.668. The van der Waals surface area contributed by atoms with Crippen molar-refractivity contribution in [1.82, 2.24) is 34.1 Å². The van der Waals surface area contributed by atoms with Crippen molar-refractivity contribution in [2.75, 3.05) is 0 Å². The monoisotopic (exact) mass is 1140 g/mol. The molecule has 0 aliphatic carbocycles. The van der Waals surface area contributed by atoms with Crippen LogP contribution in [0.25, 0.3) is 189 Å². The molecule has 0 N–H and O–H groups in total. The number of pyridine rings is 2. The highest BCUT2D eigenvalue weighted by Crippen LogP contribution is 2.44. The maximum absolute atomic E-state index is 6.46. The van der Waals surface area contributed by atoms with Gasteiger partial charge in [-0.3, -0.25) is 9.13 Å². The van der Waals surface area contributed by atoms with Gasteiger partial charge in [0.1, 0.15) is 50.8 Å². The molecule has 0 aliphatic rings. The largest absolute Gasteiger partial charge is 0.456 e. The lowest BCUT2D eigenvalue weighted by atomic mass is 10.0. The van der Waals surface area contributed by atoms with Crippen LogP contribution in [0.1, 0.15) is 0 Å². The third-order valence-corrected chi connectivity index (χ3v) is 17.6. The Labute approximate surface area is 506 Å². The van der Waals surface area contributed by atoms with Gasteiger partial charge in [-0.2, -0.15) is 0 Å². The van der Waals surface area contributed by atoms with Crippen molar-refractivity contribution >= 4 is 109 Å². The minimum Gasteiger partial charge on any atom is -0.456 e. The molecule has 11 aromatic carbocycles. The minimum atomic E-state index is 0.429. The summed E-state index contributed by atoms with van der Waals surface area (Å²) in [6, 6.07) is 94.5. The molecule has 19 aromatic rings. The first kappa shape index (κ1) is 49.0. The summed E-state index contributed by atoms with van der Waals surface area (Å²) < 4.78 is 23.7. The van der Waals surface area contributed by atoms with Crippen LogP contribution in [-0.2, 0) is 0 Å². The first-order valence-corrected chi connectivity index (χ1v) is 29.7. The van der Waals surface area contributed by atoms with Crippen LogP contribution in [0.4, 0.5) is 0 Å². The van der Waals surface area contributed by atoms with Gasteiger partial charge in [0.2, 0.25) is 0 Å². The molecule has 0 fully saturated rings. The highest BCUT2D eigenvalue weighted by Gasteiger charge is 2.24. The van der Waals surface area contributed by atoms with Crippen LogP contribution in [0, 0.1) is 0 Å². The Morgan fingerprint density at radius 3 is 1.10 bits per heavy atom. The van der Waals surface area contributed by atoms with E-state index in [4.69, 9.17) is 38.2 Å². The lowest BCUT2D eigenvalue weighted by Gasteiger charge is -2.11. The zero-order valence-electron chi connectivity index (χ0n) is 47.3. The molecule has 0 unspecified atom stereocenters. The Kier molecular flexibility index (Phi) is 10.5. The number of hydrogen-bond acceptors (Lipinski definition) is 8. The second-order valence-electron chi connectivity index (χ2n) is 22.7. The van der Waals surface area contributed by atoms with Crippen molar-refractivity contribution < 1.29 is 13.3 Å². The molecule has 414 valence electrons. The van der Waals surface area contributed by atoms with Crippen LogP contribution in [0.2, 0.25) is 0 Å². The van der Waals surface area contributed by atoms with Crippen LogP contribution in [0.5, 0.6) is 0 Å². The van der Waals surface area contributed by atoms with Gasteiger partial charge in [-0.05, 0) is 156 Å². The SMILES string of the molecule is c1ccc(-c2ccc3oc4ccc(-c5nc(-c6ccc7oc8ccc(-c9ccccc9)cc8c7c6)nc(-c6cccc(-n7c8ccccc8c8c9c%10ccccc%10n(-c%10cccc(-c%11ccc%12oc%13ccccc%13c%12c%11)n%10)c9ccc87)n6)n5)cc4c3c2)cc1. The summed E-state index contributed by atoms with van der Waals surface area (Å²) >= 11 is 0. The fraction of sp³-hybridized carbons (Fsp3) is 0. The average Bonchev–Trinajstić information content (AvgIpc) is 1.58. The summed E-state index contributed by atoms with van der Waals surface area (Å²) in [5.74, 6) is 2.97. The summed E-state index contributed by atoms with van der Waals surface area (Å²) in [6.45, 7) is 0. The normalized spacial score (nSPS) is 12.0. The van der Waals surface area contributed by atoms with Crippen molar-refractivity contribution in [2.24, 2.45) is 0 Å². The third kappa shape index (κ3) is 7.73. The first-order valence-electron chi connectivity index (χ1n) is 29.7. The van der Waals surface area contributed by atoms with Crippen molar-refractivity contribution in [3.8, 4) is 79.4 Å². The highest BCUT2D eigenvalue weighted by atomic mass is 16.3. The Bertz CT molecular complexity index is 5960. The van der Waals surface area contributed by atoms with Gasteiger partial charge < -0.3 is 13.3 Å². The number of hydrogen-bond donors (Lipinski definition) is 0. The molecule has 19 rings (SSSR count). The van der Waals surface area contributed by atoms with E-state index in [1.165, 1.54) is 0 Å². The standard InChI is InChI=1S/C79H45N7O3/c1-3-15-46(16-4-1)48-29-36-69-57(41-48)59-44-51(32-39-71(59)88-69)77-82-78(52-33-40-72-60(45-52)58-42-49(30-37-70(58)89-72)47-17-5-2-6-18-47)84-79(83-77)62-23-14-28-74(81-62)86-64-25-11-8-21-55(64)76-66(86)35-34-65-75(76)54-20-7-10-24-63(54)85(65)73-27-13-22-61(80-73)50-31-38-68-56(43-50)53-19-9-12-26-67(53)87-68/h1-45H. The molecule has 0 radical (unpaired) electrons. The molecule has 8 aromatic heterocycles. The Morgan fingerprint density at radius 1 is 0.213 bits per heavy atom. The minimum absolute atomic E-state index is 0.429. The molecule has 0 amide bonds. The van der Waals surface area contributed by atoms with Crippen LogP contribution in [-0.4, -0.2) is 34.1 Å². The first-order chi connectivity index (χ1) is 44.1. The quantitative estimate of drug-likeness (QED) is 0.148. The van der Waals surface area contributed by atoms with Gasteiger partial charge in [0, 0.05) is 70.6 Å². The molecule has 0 aliphatic heterocycles. The number of rotatable bonds is 8. The molecule has 0 spiro atoms. The molecular weight excluding hydrogens is 1090 g/mol. The van der Waals surface area contributed by atoms with Crippen LogP contribution in [0.3, 0.4) is 0 Å². The predicted octanol–water partition coefficient (Wildman–Crippen LogP) is 20.6. The maximum Gasteiger partial charge on any atom is 0.182 e. The zero-order chi connectivity index (χ0) is 58.3. The maximum atomic E-state index is 6.46. The summed E-state index contributed by atoms with van der Waals surface area (Å²) in [5.41, 5.74) is 17.6. The summed E-state index contributed by atoms with van der Waals surface area (Å²) in [6.07, 6.45) is 0. The topological polar surface area (TPSA) is 114 Å². The fourth-order valence-electron chi connectivity index (χ4n) is 13.5. The molecule has 89 heavy (non-hydrogen) atoms. The lowest BCUT2D eigenvalue weighted by Crippen LogP contribution is -2.03. The van der Waals surface area contributed by atoms with E-state index >= 15 is 0 Å². The van der Waals surface area contributed by atoms with E-state index in [0.29, 0.717) is 23.2 Å². The second kappa shape index (κ2) is 19.1. The Hall–Kier alpha value is -12.3. The molecule has 0 saturated carbocycles. The van der Waals surface area contributed by atoms with E-state index < -0.39 is 0 Å². The van der Waals surface area contributed by atoms with Crippen molar-refractivity contribution in [3.63, 3.8) is 0 Å². The number of fused-ring (bicyclic) bond motifs is 16. The molecule has 10 nitrogen and oxygen atoms in total. The summed E-state index contributed by atoms with van der Waals surface area (Å²) in [7, 11) is 0. The molecule has 8 heterocycles. The summed E-state index contributed by atoms with van der Waals surface area (Å²) in [4.78, 5) is 26.9. The fourth-order valence-corrected chi connectivity index (χ4v) is 13.5. The van der Waals surface area contributed by atoms with Crippen molar-refractivity contribution in [3.05, 3.63) is 273 Å². The third-order valence-electron chi connectivity index (χ3n) is 17.6.